The van der Waals surface area contributed by atoms with Gasteiger partial charge in [-0.1, -0.05) is 6.42 Å². The van der Waals surface area contributed by atoms with Crippen LogP contribution in [0.4, 0.5) is 0 Å². The molecule has 16 heavy (non-hydrogen) atoms. The summed E-state index contributed by atoms with van der Waals surface area (Å²) in [7, 11) is 0. The maximum atomic E-state index is 3.58. The molecule has 1 aromatic rings. The molecule has 2 aliphatic rings. The van der Waals surface area contributed by atoms with E-state index in [2.05, 4.69) is 38.6 Å². The monoisotopic (exact) mass is 231 g/mol. The second-order valence-electron chi connectivity index (χ2n) is 5.44. The maximum Gasteiger partial charge on any atom is 0.0145 e. The molecular formula is C15H19S. The van der Waals surface area contributed by atoms with Crippen LogP contribution in [0.15, 0.2) is 4.90 Å². The molecule has 0 unspecified atom stereocenters. The Hall–Kier alpha value is -0.430. The molecule has 3 rings (SSSR count). The van der Waals surface area contributed by atoms with E-state index in [4.69, 9.17) is 0 Å². The van der Waals surface area contributed by atoms with Crippen molar-refractivity contribution in [2.24, 2.45) is 0 Å². The summed E-state index contributed by atoms with van der Waals surface area (Å²) in [5.41, 5.74) is 6.47. The first-order chi connectivity index (χ1) is 7.64. The third-order valence-corrected chi connectivity index (χ3v) is 5.76. The largest absolute Gasteiger partial charge is 0.126 e. The van der Waals surface area contributed by atoms with E-state index in [1.165, 1.54) is 48.1 Å². The van der Waals surface area contributed by atoms with Gasteiger partial charge in [0.15, 0.2) is 0 Å². The van der Waals surface area contributed by atoms with Crippen LogP contribution in [0.3, 0.4) is 0 Å². The molecule has 85 valence electrons. The van der Waals surface area contributed by atoms with Crippen molar-refractivity contribution in [2.75, 3.05) is 5.75 Å². The Kier molecular flexibility index (Phi) is 2.36. The van der Waals surface area contributed by atoms with Gasteiger partial charge in [-0.15, -0.1) is 11.8 Å². The van der Waals surface area contributed by atoms with Crippen molar-refractivity contribution >= 4 is 11.8 Å². The highest BCUT2D eigenvalue weighted by Gasteiger charge is 2.43. The summed E-state index contributed by atoms with van der Waals surface area (Å²) >= 11 is 2.08. The predicted molar refractivity (Wildman–Crippen MR) is 70.4 cm³/mol. The molecule has 0 bridgehead atoms. The van der Waals surface area contributed by atoms with Crippen molar-refractivity contribution in [3.8, 4) is 0 Å². The Labute approximate surface area is 103 Å². The minimum atomic E-state index is 0.555. The Morgan fingerprint density at radius 3 is 2.44 bits per heavy atom. The molecule has 1 heterocycles. The predicted octanol–water partition coefficient (Wildman–Crippen LogP) is 4.33. The molecule has 1 spiro atoms. The molecule has 1 aliphatic heterocycles. The Balaban J connectivity index is 2.24. The lowest BCUT2D eigenvalue weighted by molar-refractivity contribution is 0.228. The first kappa shape index (κ1) is 10.7. The quantitative estimate of drug-likeness (QED) is 0.640. The maximum absolute atomic E-state index is 3.58. The average molecular weight is 231 g/mol. The van der Waals surface area contributed by atoms with Crippen LogP contribution in [0.5, 0.6) is 0 Å². The van der Waals surface area contributed by atoms with Crippen LogP contribution in [0.1, 0.15) is 47.9 Å². The number of rotatable bonds is 0. The second-order valence-corrected chi connectivity index (χ2v) is 6.54. The van der Waals surface area contributed by atoms with Crippen LogP contribution in [0, 0.1) is 26.8 Å². The van der Waals surface area contributed by atoms with E-state index in [9.17, 15) is 0 Å². The molecule has 1 fully saturated rings. The third kappa shape index (κ3) is 1.30. The first-order valence-electron chi connectivity index (χ1n) is 6.30. The van der Waals surface area contributed by atoms with Gasteiger partial charge in [-0.2, -0.15) is 0 Å². The van der Waals surface area contributed by atoms with Gasteiger partial charge in [0.25, 0.3) is 0 Å². The third-order valence-electron chi connectivity index (χ3n) is 4.55. The van der Waals surface area contributed by atoms with Crippen molar-refractivity contribution in [1.82, 2.24) is 0 Å². The van der Waals surface area contributed by atoms with Crippen molar-refractivity contribution in [3.63, 3.8) is 0 Å². The smallest absolute Gasteiger partial charge is 0.0145 e. The number of fused-ring (bicyclic) bond motifs is 2. The minimum Gasteiger partial charge on any atom is -0.126 e. The molecule has 1 saturated carbocycles. The first-order valence-corrected chi connectivity index (χ1v) is 7.29. The van der Waals surface area contributed by atoms with Crippen LogP contribution in [-0.4, -0.2) is 5.75 Å². The van der Waals surface area contributed by atoms with Crippen LogP contribution < -0.4 is 0 Å². The van der Waals surface area contributed by atoms with Gasteiger partial charge in [-0.05, 0) is 79.5 Å². The fourth-order valence-electron chi connectivity index (χ4n) is 3.36. The molecule has 0 amide bonds. The van der Waals surface area contributed by atoms with Gasteiger partial charge in [0.05, 0.1) is 0 Å². The summed E-state index contributed by atoms with van der Waals surface area (Å²) in [5, 5.41) is 0. The van der Waals surface area contributed by atoms with Crippen molar-refractivity contribution in [3.05, 3.63) is 28.3 Å². The van der Waals surface area contributed by atoms with Crippen LogP contribution in [0.25, 0.3) is 0 Å². The van der Waals surface area contributed by atoms with Gasteiger partial charge in [-0.3, -0.25) is 0 Å². The van der Waals surface area contributed by atoms with E-state index < -0.39 is 0 Å². The molecule has 1 radical (unpaired) electrons. The van der Waals surface area contributed by atoms with Gasteiger partial charge in [0.1, 0.15) is 0 Å². The average Bonchev–Trinajstić information content (AvgIpc) is 2.23. The van der Waals surface area contributed by atoms with E-state index >= 15 is 0 Å². The van der Waals surface area contributed by atoms with E-state index in [0.29, 0.717) is 5.41 Å². The Morgan fingerprint density at radius 2 is 1.81 bits per heavy atom. The van der Waals surface area contributed by atoms with Crippen molar-refractivity contribution in [1.29, 1.82) is 0 Å². The summed E-state index contributed by atoms with van der Waals surface area (Å²) in [6.07, 6.45) is 5.65. The van der Waals surface area contributed by atoms with Gasteiger partial charge in [-0.25, -0.2) is 0 Å². The molecule has 0 aromatic heterocycles. The van der Waals surface area contributed by atoms with Gasteiger partial charge in [0, 0.05) is 4.90 Å². The van der Waals surface area contributed by atoms with Gasteiger partial charge >= 0.3 is 0 Å². The number of thioether (sulfide) groups is 1. The minimum absolute atomic E-state index is 0.555. The zero-order valence-corrected chi connectivity index (χ0v) is 11.3. The highest BCUT2D eigenvalue weighted by Crippen LogP contribution is 2.55. The fourth-order valence-corrected chi connectivity index (χ4v) is 4.94. The summed E-state index contributed by atoms with van der Waals surface area (Å²) < 4.78 is 0. The van der Waals surface area contributed by atoms with E-state index in [1.54, 1.807) is 10.5 Å². The Morgan fingerprint density at radius 1 is 1.06 bits per heavy atom. The lowest BCUT2D eigenvalue weighted by atomic mass is 9.61. The zero-order valence-electron chi connectivity index (χ0n) is 10.4. The molecule has 0 atom stereocenters. The molecular weight excluding hydrogens is 212 g/mol. The van der Waals surface area contributed by atoms with Crippen LogP contribution in [-0.2, 0) is 5.41 Å². The number of aryl methyl sites for hydroxylation is 2. The molecule has 0 nitrogen and oxygen atoms in total. The van der Waals surface area contributed by atoms with Crippen LogP contribution >= 0.6 is 11.8 Å². The molecule has 0 saturated heterocycles. The lowest BCUT2D eigenvalue weighted by Gasteiger charge is -2.47. The van der Waals surface area contributed by atoms with Gasteiger partial charge in [0.2, 0.25) is 0 Å². The molecule has 1 heteroatoms. The molecule has 1 aromatic carbocycles. The standard InChI is InChI=1S/C15H19S/c1-10-9-11(2)13-14(12(10)3)16-8-7-15(13)5-4-6-15/h4-8H2,1-3H3. The SMILES string of the molecule is Cc1[c]c(C)c2c(c1C)SCCC21CCC1. The second kappa shape index (κ2) is 3.53. The number of benzene rings is 1. The normalized spacial score (nSPS) is 21.7. The zero-order chi connectivity index (χ0) is 11.3. The van der Waals surface area contributed by atoms with E-state index in [-0.39, 0.29) is 0 Å². The molecule has 1 aliphatic carbocycles. The summed E-state index contributed by atoms with van der Waals surface area (Å²) in [6, 6.07) is 3.58. The van der Waals surface area contributed by atoms with Crippen molar-refractivity contribution in [2.45, 2.75) is 56.8 Å². The highest BCUT2D eigenvalue weighted by atomic mass is 32.2. The van der Waals surface area contributed by atoms with Crippen molar-refractivity contribution < 1.29 is 0 Å². The highest BCUT2D eigenvalue weighted by molar-refractivity contribution is 7.99. The topological polar surface area (TPSA) is 0 Å². The van der Waals surface area contributed by atoms with E-state index in [0.717, 1.165) is 0 Å². The van der Waals surface area contributed by atoms with Gasteiger partial charge < -0.3 is 0 Å². The summed E-state index contributed by atoms with van der Waals surface area (Å²) in [4.78, 5) is 1.60. The number of hydrogen-bond acceptors (Lipinski definition) is 1. The number of hydrogen-bond donors (Lipinski definition) is 0. The summed E-state index contributed by atoms with van der Waals surface area (Å²) in [6.45, 7) is 6.73. The van der Waals surface area contributed by atoms with Crippen LogP contribution in [0.2, 0.25) is 0 Å². The van der Waals surface area contributed by atoms with E-state index in [1.807, 2.05) is 0 Å². The lowest BCUT2D eigenvalue weighted by Crippen LogP contribution is -2.38. The fraction of sp³-hybridized carbons (Fsp3) is 0.600. The Bertz CT molecular complexity index is 441. The molecule has 0 N–H and O–H groups in total. The summed E-state index contributed by atoms with van der Waals surface area (Å²) in [5.74, 6) is 1.32.